The van der Waals surface area contributed by atoms with Gasteiger partial charge in [-0.3, -0.25) is 0 Å². The fourth-order valence-electron chi connectivity index (χ4n) is 2.71. The summed E-state index contributed by atoms with van der Waals surface area (Å²) in [5, 5.41) is 0. The second-order valence-electron chi connectivity index (χ2n) is 4.92. The zero-order valence-electron chi connectivity index (χ0n) is 9.98. The van der Waals surface area contributed by atoms with Crippen molar-refractivity contribution < 1.29 is 8.78 Å². The molecule has 1 fully saturated rings. The molecule has 0 N–H and O–H groups in total. The quantitative estimate of drug-likeness (QED) is 0.641. The van der Waals surface area contributed by atoms with Gasteiger partial charge in [-0.25, -0.2) is 8.78 Å². The van der Waals surface area contributed by atoms with Crippen molar-refractivity contribution in [3.8, 4) is 0 Å². The Balaban J connectivity index is 2.13. The van der Waals surface area contributed by atoms with Crippen molar-refractivity contribution in [2.45, 2.75) is 44.9 Å². The molecule has 0 heterocycles. The lowest BCUT2D eigenvalue weighted by Crippen LogP contribution is -2.13. The fraction of sp³-hybridized carbons (Fsp3) is 0.571. The van der Waals surface area contributed by atoms with Gasteiger partial charge in [0, 0.05) is 0 Å². The Bertz CT molecular complexity index is 372. The summed E-state index contributed by atoms with van der Waals surface area (Å²) in [4.78, 5) is 0. The van der Waals surface area contributed by atoms with Gasteiger partial charge in [0.25, 0.3) is 0 Å². The van der Waals surface area contributed by atoms with Crippen LogP contribution < -0.4 is 0 Å². The number of hydrogen-bond donors (Lipinski definition) is 0. The SMILES string of the molecule is CCC1CCC(c2cc(F)c(Br)c(F)c2)CC1. The van der Waals surface area contributed by atoms with Crippen LogP contribution in [0.15, 0.2) is 16.6 Å². The summed E-state index contributed by atoms with van der Waals surface area (Å²) in [6.07, 6.45) is 5.69. The van der Waals surface area contributed by atoms with Crippen molar-refractivity contribution >= 4 is 15.9 Å². The third-order valence-corrected chi connectivity index (χ3v) is 4.66. The van der Waals surface area contributed by atoms with Gasteiger partial charge in [-0.2, -0.15) is 0 Å². The molecule has 94 valence electrons. The minimum absolute atomic E-state index is 0.0523. The van der Waals surface area contributed by atoms with E-state index in [4.69, 9.17) is 0 Å². The molecule has 0 saturated heterocycles. The van der Waals surface area contributed by atoms with E-state index in [9.17, 15) is 8.78 Å². The van der Waals surface area contributed by atoms with Gasteiger partial charge in [0.2, 0.25) is 0 Å². The molecule has 1 saturated carbocycles. The van der Waals surface area contributed by atoms with E-state index in [0.717, 1.165) is 24.3 Å². The summed E-state index contributed by atoms with van der Waals surface area (Å²) in [6, 6.07) is 2.95. The van der Waals surface area contributed by atoms with Crippen LogP contribution in [0.1, 0.15) is 50.5 Å². The van der Waals surface area contributed by atoms with E-state index < -0.39 is 11.6 Å². The van der Waals surface area contributed by atoms with Crippen molar-refractivity contribution in [1.29, 1.82) is 0 Å². The predicted molar refractivity (Wildman–Crippen MR) is 69.0 cm³/mol. The van der Waals surface area contributed by atoms with Gasteiger partial charge in [-0.1, -0.05) is 13.3 Å². The van der Waals surface area contributed by atoms with E-state index in [-0.39, 0.29) is 4.47 Å². The first-order valence-corrected chi connectivity index (χ1v) is 7.05. The first kappa shape index (κ1) is 13.0. The topological polar surface area (TPSA) is 0 Å². The predicted octanol–water partition coefficient (Wildman–Crippen LogP) is 5.41. The molecule has 0 nitrogen and oxygen atoms in total. The van der Waals surface area contributed by atoms with Crippen LogP contribution in [0, 0.1) is 17.6 Å². The molecular weight excluding hydrogens is 286 g/mol. The Morgan fingerprint density at radius 3 is 2.12 bits per heavy atom. The molecule has 0 spiro atoms. The first-order valence-electron chi connectivity index (χ1n) is 6.26. The zero-order chi connectivity index (χ0) is 12.4. The number of halogens is 3. The van der Waals surface area contributed by atoms with Gasteiger partial charge < -0.3 is 0 Å². The molecule has 1 aliphatic rings. The Labute approximate surface area is 110 Å². The Hall–Kier alpha value is -0.440. The second kappa shape index (κ2) is 5.47. The molecule has 1 aromatic carbocycles. The lowest BCUT2D eigenvalue weighted by atomic mass is 9.78. The molecule has 0 unspecified atom stereocenters. The zero-order valence-corrected chi connectivity index (χ0v) is 11.6. The van der Waals surface area contributed by atoms with Crippen LogP contribution in [0.2, 0.25) is 0 Å². The van der Waals surface area contributed by atoms with Crippen LogP contribution in [-0.2, 0) is 0 Å². The van der Waals surface area contributed by atoms with Gasteiger partial charge >= 0.3 is 0 Å². The molecule has 0 atom stereocenters. The molecule has 1 aliphatic carbocycles. The molecule has 0 amide bonds. The van der Waals surface area contributed by atoms with Crippen LogP contribution in [0.25, 0.3) is 0 Å². The van der Waals surface area contributed by atoms with Gasteiger partial charge in [0.15, 0.2) is 0 Å². The largest absolute Gasteiger partial charge is 0.206 e. The lowest BCUT2D eigenvalue weighted by molar-refractivity contribution is 0.318. The normalized spacial score (nSPS) is 24.9. The average molecular weight is 303 g/mol. The van der Waals surface area contributed by atoms with Gasteiger partial charge in [-0.05, 0) is 71.1 Å². The van der Waals surface area contributed by atoms with Crippen molar-refractivity contribution in [1.82, 2.24) is 0 Å². The van der Waals surface area contributed by atoms with Crippen LogP contribution >= 0.6 is 15.9 Å². The highest BCUT2D eigenvalue weighted by molar-refractivity contribution is 9.10. The molecular formula is C14H17BrF2. The van der Waals surface area contributed by atoms with Crippen LogP contribution in [0.4, 0.5) is 8.78 Å². The van der Waals surface area contributed by atoms with Crippen molar-refractivity contribution in [2.75, 3.05) is 0 Å². The molecule has 0 radical (unpaired) electrons. The first-order chi connectivity index (χ1) is 8.11. The lowest BCUT2D eigenvalue weighted by Gasteiger charge is -2.28. The maximum absolute atomic E-state index is 13.5. The monoisotopic (exact) mass is 302 g/mol. The number of benzene rings is 1. The van der Waals surface area contributed by atoms with Crippen molar-refractivity contribution in [3.05, 3.63) is 33.8 Å². The van der Waals surface area contributed by atoms with E-state index in [1.165, 1.54) is 31.4 Å². The molecule has 17 heavy (non-hydrogen) atoms. The Morgan fingerprint density at radius 1 is 1.12 bits per heavy atom. The molecule has 2 rings (SSSR count). The summed E-state index contributed by atoms with van der Waals surface area (Å²) >= 11 is 2.91. The summed E-state index contributed by atoms with van der Waals surface area (Å²) in [5.74, 6) is 0.154. The van der Waals surface area contributed by atoms with E-state index in [1.807, 2.05) is 0 Å². The van der Waals surface area contributed by atoms with E-state index in [2.05, 4.69) is 22.9 Å². The smallest absolute Gasteiger partial charge is 0.140 e. The molecule has 0 aromatic heterocycles. The molecule has 3 heteroatoms. The Kier molecular flexibility index (Phi) is 4.18. The maximum atomic E-state index is 13.5. The maximum Gasteiger partial charge on any atom is 0.140 e. The van der Waals surface area contributed by atoms with Gasteiger partial charge in [0.1, 0.15) is 11.6 Å². The minimum Gasteiger partial charge on any atom is -0.206 e. The third kappa shape index (κ3) is 2.87. The minimum atomic E-state index is -0.488. The molecule has 1 aromatic rings. The second-order valence-corrected chi connectivity index (χ2v) is 5.72. The molecule has 0 aliphatic heterocycles. The average Bonchev–Trinajstić information content (AvgIpc) is 2.35. The summed E-state index contributed by atoms with van der Waals surface area (Å²) in [6.45, 7) is 2.21. The highest BCUT2D eigenvalue weighted by Gasteiger charge is 2.22. The highest BCUT2D eigenvalue weighted by Crippen LogP contribution is 2.38. The van der Waals surface area contributed by atoms with Crippen LogP contribution in [0.3, 0.4) is 0 Å². The fourth-order valence-corrected chi connectivity index (χ4v) is 2.94. The van der Waals surface area contributed by atoms with Crippen LogP contribution in [-0.4, -0.2) is 0 Å². The summed E-state index contributed by atoms with van der Waals surface area (Å²) in [5.41, 5.74) is 0.817. The van der Waals surface area contributed by atoms with E-state index in [0.29, 0.717) is 5.92 Å². The summed E-state index contributed by atoms with van der Waals surface area (Å²) in [7, 11) is 0. The van der Waals surface area contributed by atoms with Gasteiger partial charge in [0.05, 0.1) is 4.47 Å². The van der Waals surface area contributed by atoms with E-state index >= 15 is 0 Å². The third-order valence-electron chi connectivity index (χ3n) is 3.90. The van der Waals surface area contributed by atoms with Crippen LogP contribution in [0.5, 0.6) is 0 Å². The molecule has 0 bridgehead atoms. The van der Waals surface area contributed by atoms with E-state index in [1.54, 1.807) is 0 Å². The van der Waals surface area contributed by atoms with Crippen molar-refractivity contribution in [2.24, 2.45) is 5.92 Å². The number of hydrogen-bond acceptors (Lipinski definition) is 0. The number of rotatable bonds is 2. The summed E-state index contributed by atoms with van der Waals surface area (Å²) < 4.78 is 26.8. The van der Waals surface area contributed by atoms with Crippen molar-refractivity contribution in [3.63, 3.8) is 0 Å². The standard InChI is InChI=1S/C14H17BrF2/c1-2-9-3-5-10(6-4-9)11-7-12(16)14(15)13(17)8-11/h7-10H,2-6H2,1H3. The highest BCUT2D eigenvalue weighted by atomic mass is 79.9. The Morgan fingerprint density at radius 2 is 1.65 bits per heavy atom. The van der Waals surface area contributed by atoms with Gasteiger partial charge in [-0.15, -0.1) is 0 Å².